The molecule has 0 spiro atoms. The van der Waals surface area contributed by atoms with Crippen LogP contribution in [0.25, 0.3) is 0 Å². The fraction of sp³-hybridized carbons (Fsp3) is 0.455. The third kappa shape index (κ3) is 3.00. The number of nitrogens with two attached hydrogens (primary N) is 1. The Balaban J connectivity index is 2.76. The van der Waals surface area contributed by atoms with Gasteiger partial charge in [0.1, 0.15) is 0 Å². The van der Waals surface area contributed by atoms with Crippen molar-refractivity contribution in [3.05, 3.63) is 28.2 Å². The van der Waals surface area contributed by atoms with Crippen LogP contribution < -0.4 is 5.73 Å². The molecule has 2 nitrogen and oxygen atoms in total. The van der Waals surface area contributed by atoms with E-state index in [0.717, 1.165) is 29.8 Å². The van der Waals surface area contributed by atoms with Crippen molar-refractivity contribution in [1.82, 2.24) is 4.90 Å². The SMILES string of the molecule is CCN(CC)Cc1ccc(Br)cc1N. The summed E-state index contributed by atoms with van der Waals surface area (Å²) in [7, 11) is 0. The van der Waals surface area contributed by atoms with Gasteiger partial charge in [0.15, 0.2) is 0 Å². The molecule has 1 aromatic carbocycles. The summed E-state index contributed by atoms with van der Waals surface area (Å²) >= 11 is 3.40. The first-order chi connectivity index (χ1) is 6.67. The lowest BCUT2D eigenvalue weighted by Crippen LogP contribution is -2.22. The Labute approximate surface area is 94.2 Å². The fourth-order valence-electron chi connectivity index (χ4n) is 1.40. The van der Waals surface area contributed by atoms with Gasteiger partial charge in [0.05, 0.1) is 0 Å². The zero-order valence-corrected chi connectivity index (χ0v) is 10.3. The van der Waals surface area contributed by atoms with Crippen LogP contribution in [0.5, 0.6) is 0 Å². The zero-order chi connectivity index (χ0) is 10.6. The minimum Gasteiger partial charge on any atom is -0.398 e. The van der Waals surface area contributed by atoms with Crippen molar-refractivity contribution in [1.29, 1.82) is 0 Å². The van der Waals surface area contributed by atoms with Crippen LogP contribution in [0.15, 0.2) is 22.7 Å². The molecule has 0 saturated carbocycles. The molecule has 0 amide bonds. The number of halogens is 1. The Bertz CT molecular complexity index is 295. The number of rotatable bonds is 4. The maximum Gasteiger partial charge on any atom is 0.0371 e. The summed E-state index contributed by atoms with van der Waals surface area (Å²) < 4.78 is 1.04. The minimum absolute atomic E-state index is 0.867. The third-order valence-corrected chi connectivity index (χ3v) is 2.89. The van der Waals surface area contributed by atoms with Gasteiger partial charge in [-0.3, -0.25) is 4.90 Å². The van der Waals surface area contributed by atoms with Gasteiger partial charge in [-0.05, 0) is 30.8 Å². The molecule has 3 heteroatoms. The van der Waals surface area contributed by atoms with Gasteiger partial charge in [-0.2, -0.15) is 0 Å². The van der Waals surface area contributed by atoms with E-state index in [2.05, 4.69) is 40.7 Å². The molecule has 78 valence electrons. The second-order valence-corrected chi connectivity index (χ2v) is 4.22. The first-order valence-corrected chi connectivity index (χ1v) is 5.73. The molecule has 0 aliphatic heterocycles. The summed E-state index contributed by atoms with van der Waals surface area (Å²) in [5.41, 5.74) is 7.99. The molecule has 0 aliphatic carbocycles. The monoisotopic (exact) mass is 256 g/mol. The molecule has 0 radical (unpaired) electrons. The van der Waals surface area contributed by atoms with E-state index in [1.807, 2.05) is 12.1 Å². The van der Waals surface area contributed by atoms with Crippen molar-refractivity contribution in [3.8, 4) is 0 Å². The molecule has 0 fully saturated rings. The maximum atomic E-state index is 5.92. The topological polar surface area (TPSA) is 29.3 Å². The number of nitrogens with zero attached hydrogens (tertiary/aromatic N) is 1. The Morgan fingerprint density at radius 2 is 1.93 bits per heavy atom. The summed E-state index contributed by atoms with van der Waals surface area (Å²) in [5.74, 6) is 0. The molecule has 0 bridgehead atoms. The lowest BCUT2D eigenvalue weighted by molar-refractivity contribution is 0.296. The highest BCUT2D eigenvalue weighted by Gasteiger charge is 2.04. The van der Waals surface area contributed by atoms with E-state index >= 15 is 0 Å². The summed E-state index contributed by atoms with van der Waals surface area (Å²) in [4.78, 5) is 2.35. The van der Waals surface area contributed by atoms with Crippen LogP contribution in [0.2, 0.25) is 0 Å². The molecule has 0 unspecified atom stereocenters. The van der Waals surface area contributed by atoms with Gasteiger partial charge in [0.25, 0.3) is 0 Å². The van der Waals surface area contributed by atoms with Gasteiger partial charge in [-0.25, -0.2) is 0 Å². The van der Waals surface area contributed by atoms with Crippen LogP contribution >= 0.6 is 15.9 Å². The summed E-state index contributed by atoms with van der Waals surface area (Å²) in [6, 6.07) is 6.08. The number of nitrogen functional groups attached to an aromatic ring is 1. The molecule has 1 aromatic rings. The van der Waals surface area contributed by atoms with E-state index in [-0.39, 0.29) is 0 Å². The minimum atomic E-state index is 0.867. The van der Waals surface area contributed by atoms with Crippen molar-refractivity contribution in [3.63, 3.8) is 0 Å². The average molecular weight is 257 g/mol. The van der Waals surface area contributed by atoms with Crippen LogP contribution in [0, 0.1) is 0 Å². The highest BCUT2D eigenvalue weighted by atomic mass is 79.9. The second kappa shape index (κ2) is 5.37. The van der Waals surface area contributed by atoms with Gasteiger partial charge in [0.2, 0.25) is 0 Å². The van der Waals surface area contributed by atoms with Crippen molar-refractivity contribution >= 4 is 21.6 Å². The van der Waals surface area contributed by atoms with E-state index in [4.69, 9.17) is 5.73 Å². The van der Waals surface area contributed by atoms with Crippen LogP contribution in [0.1, 0.15) is 19.4 Å². The van der Waals surface area contributed by atoms with Crippen LogP contribution in [0.4, 0.5) is 5.69 Å². The molecule has 2 N–H and O–H groups in total. The number of anilines is 1. The Kier molecular flexibility index (Phi) is 4.42. The normalized spacial score (nSPS) is 10.9. The fourth-order valence-corrected chi connectivity index (χ4v) is 1.78. The van der Waals surface area contributed by atoms with E-state index in [0.29, 0.717) is 0 Å². The highest BCUT2D eigenvalue weighted by molar-refractivity contribution is 9.10. The van der Waals surface area contributed by atoms with E-state index in [1.54, 1.807) is 0 Å². The van der Waals surface area contributed by atoms with Crippen molar-refractivity contribution in [2.45, 2.75) is 20.4 Å². The van der Waals surface area contributed by atoms with Crippen LogP contribution in [-0.2, 0) is 6.54 Å². The Hall–Kier alpha value is -0.540. The van der Waals surface area contributed by atoms with Gasteiger partial charge >= 0.3 is 0 Å². The largest absolute Gasteiger partial charge is 0.398 e. The molecule has 14 heavy (non-hydrogen) atoms. The van der Waals surface area contributed by atoms with Gasteiger partial charge in [-0.1, -0.05) is 35.8 Å². The van der Waals surface area contributed by atoms with Gasteiger partial charge in [0, 0.05) is 16.7 Å². The second-order valence-electron chi connectivity index (χ2n) is 3.30. The molecular formula is C11H17BrN2. The van der Waals surface area contributed by atoms with Crippen LogP contribution in [0.3, 0.4) is 0 Å². The molecule has 0 heterocycles. The molecule has 1 rings (SSSR count). The predicted molar refractivity (Wildman–Crippen MR) is 65.2 cm³/mol. The molecule has 0 saturated heterocycles. The van der Waals surface area contributed by atoms with Gasteiger partial charge < -0.3 is 5.73 Å². The summed E-state index contributed by atoms with van der Waals surface area (Å²) in [5, 5.41) is 0. The van der Waals surface area contributed by atoms with Crippen molar-refractivity contribution < 1.29 is 0 Å². The third-order valence-electron chi connectivity index (χ3n) is 2.40. The summed E-state index contributed by atoms with van der Waals surface area (Å²) in [6.45, 7) is 7.39. The Morgan fingerprint density at radius 1 is 1.29 bits per heavy atom. The molecule has 0 aromatic heterocycles. The average Bonchev–Trinajstić information content (AvgIpc) is 2.17. The lowest BCUT2D eigenvalue weighted by Gasteiger charge is -2.19. The van der Waals surface area contributed by atoms with E-state index in [9.17, 15) is 0 Å². The highest BCUT2D eigenvalue weighted by Crippen LogP contribution is 2.19. The first kappa shape index (κ1) is 11.5. The number of benzene rings is 1. The van der Waals surface area contributed by atoms with Crippen molar-refractivity contribution in [2.75, 3.05) is 18.8 Å². The maximum absolute atomic E-state index is 5.92. The number of hydrogen-bond donors (Lipinski definition) is 1. The van der Waals surface area contributed by atoms with E-state index in [1.165, 1.54) is 5.56 Å². The van der Waals surface area contributed by atoms with Gasteiger partial charge in [-0.15, -0.1) is 0 Å². The quantitative estimate of drug-likeness (QED) is 0.840. The predicted octanol–water partition coefficient (Wildman–Crippen LogP) is 2.87. The first-order valence-electron chi connectivity index (χ1n) is 4.93. The molecule has 0 aliphatic rings. The Morgan fingerprint density at radius 3 is 2.43 bits per heavy atom. The van der Waals surface area contributed by atoms with E-state index < -0.39 is 0 Å². The number of hydrogen-bond acceptors (Lipinski definition) is 2. The molecule has 0 atom stereocenters. The lowest BCUT2D eigenvalue weighted by atomic mass is 10.1. The smallest absolute Gasteiger partial charge is 0.0371 e. The van der Waals surface area contributed by atoms with Crippen LogP contribution in [-0.4, -0.2) is 18.0 Å². The molecular weight excluding hydrogens is 240 g/mol. The zero-order valence-electron chi connectivity index (χ0n) is 8.76. The summed E-state index contributed by atoms with van der Waals surface area (Å²) in [6.07, 6.45) is 0. The standard InChI is InChI=1S/C11H17BrN2/c1-3-14(4-2)8-9-5-6-10(12)7-11(9)13/h5-7H,3-4,8,13H2,1-2H3. The van der Waals surface area contributed by atoms with Crippen molar-refractivity contribution in [2.24, 2.45) is 0 Å².